The summed E-state index contributed by atoms with van der Waals surface area (Å²) in [7, 11) is 0. The lowest BCUT2D eigenvalue weighted by Crippen LogP contribution is -2.44. The highest BCUT2D eigenvalue weighted by molar-refractivity contribution is 7.14. The average Bonchev–Trinajstić information content (AvgIpc) is 3.21. The predicted octanol–water partition coefficient (Wildman–Crippen LogP) is 5.55. The summed E-state index contributed by atoms with van der Waals surface area (Å²) in [6.07, 6.45) is 8.94. The number of thiophene rings is 1. The number of hydrogen-bond donors (Lipinski definition) is 1. The minimum atomic E-state index is -0.995. The second-order valence-corrected chi connectivity index (χ2v) is 11.2. The molecule has 0 bridgehead atoms. The molecule has 1 amide bonds. The second-order valence-electron chi connectivity index (χ2n) is 10.1. The number of aromatic nitrogens is 2. The zero-order valence-electron chi connectivity index (χ0n) is 20.2. The fourth-order valence-corrected chi connectivity index (χ4v) is 5.24. The summed E-state index contributed by atoms with van der Waals surface area (Å²) in [5, 5.41) is 9.96. The summed E-state index contributed by atoms with van der Waals surface area (Å²) >= 11 is 1.26. The van der Waals surface area contributed by atoms with Crippen molar-refractivity contribution in [3.63, 3.8) is 0 Å². The Hall–Kier alpha value is -2.48. The van der Waals surface area contributed by atoms with Crippen molar-refractivity contribution < 1.29 is 19.4 Å². The summed E-state index contributed by atoms with van der Waals surface area (Å²) < 4.78 is 5.76. The summed E-state index contributed by atoms with van der Waals surface area (Å²) in [5.74, 6) is 0.153. The smallest absolute Gasteiger partial charge is 0.348 e. The molecule has 0 unspecified atom stereocenters. The molecule has 0 spiro atoms. The molecule has 2 aromatic heterocycles. The van der Waals surface area contributed by atoms with Crippen LogP contribution in [0.25, 0.3) is 0 Å². The third-order valence-electron chi connectivity index (χ3n) is 6.29. The van der Waals surface area contributed by atoms with Crippen LogP contribution >= 0.6 is 11.3 Å². The van der Waals surface area contributed by atoms with Crippen molar-refractivity contribution in [2.75, 3.05) is 11.5 Å². The highest BCUT2D eigenvalue weighted by Crippen LogP contribution is 2.40. The molecule has 1 fully saturated rings. The summed E-state index contributed by atoms with van der Waals surface area (Å²) in [5.41, 5.74) is 0.304. The van der Waals surface area contributed by atoms with Gasteiger partial charge in [-0.1, -0.05) is 27.7 Å². The molecule has 0 radical (unpaired) electrons. The topological polar surface area (TPSA) is 92.6 Å². The van der Waals surface area contributed by atoms with Crippen LogP contribution in [0.1, 0.15) is 81.3 Å². The molecule has 180 valence electrons. The summed E-state index contributed by atoms with van der Waals surface area (Å²) in [6.45, 7) is 10.7. The van der Waals surface area contributed by atoms with Crippen molar-refractivity contribution in [1.82, 2.24) is 9.97 Å². The minimum Gasteiger partial charge on any atom is -0.490 e. The van der Waals surface area contributed by atoms with E-state index in [-0.39, 0.29) is 28.2 Å². The predicted molar refractivity (Wildman–Crippen MR) is 130 cm³/mol. The molecule has 0 saturated heterocycles. The number of ether oxygens (including phenoxy) is 1. The third-order valence-corrected chi connectivity index (χ3v) is 7.83. The number of amides is 1. The quantitative estimate of drug-likeness (QED) is 0.540. The van der Waals surface area contributed by atoms with Gasteiger partial charge in [0.25, 0.3) is 0 Å². The van der Waals surface area contributed by atoms with Gasteiger partial charge < -0.3 is 14.7 Å². The van der Waals surface area contributed by atoms with Crippen LogP contribution in [0.3, 0.4) is 0 Å². The molecule has 1 aliphatic rings. The number of hydrogen-bond acceptors (Lipinski definition) is 6. The van der Waals surface area contributed by atoms with Gasteiger partial charge in [-0.2, -0.15) is 0 Å². The Morgan fingerprint density at radius 1 is 1.21 bits per heavy atom. The van der Waals surface area contributed by atoms with Crippen LogP contribution < -0.4 is 9.64 Å². The first-order valence-corrected chi connectivity index (χ1v) is 12.5. The first-order chi connectivity index (χ1) is 15.6. The van der Waals surface area contributed by atoms with Crippen molar-refractivity contribution >= 4 is 28.9 Å². The van der Waals surface area contributed by atoms with E-state index in [0.717, 1.165) is 30.6 Å². The van der Waals surface area contributed by atoms with Crippen molar-refractivity contribution in [3.8, 4) is 5.75 Å². The molecule has 2 heterocycles. The Morgan fingerprint density at radius 2 is 1.85 bits per heavy atom. The van der Waals surface area contributed by atoms with Gasteiger partial charge in [0.05, 0.1) is 24.7 Å². The standard InChI is InChI=1S/C25H35N3O4S/c1-16-6-8-18(9-7-16)23(29)28(17(2)10-11-32-19-13-26-15-27-14-19)20-12-21(25(3,4)5)33-22(20)24(30)31/h12-18H,6-11H2,1-5H3,(H,30,31)/t16-,17-,18-/m0/s1. The maximum atomic E-state index is 13.8. The molecule has 7 nitrogen and oxygen atoms in total. The van der Waals surface area contributed by atoms with Gasteiger partial charge in [0, 0.05) is 23.3 Å². The Balaban J connectivity index is 1.89. The van der Waals surface area contributed by atoms with E-state index in [1.54, 1.807) is 17.3 Å². The zero-order valence-corrected chi connectivity index (χ0v) is 21.0. The summed E-state index contributed by atoms with van der Waals surface area (Å²) in [4.78, 5) is 36.8. The number of nitrogens with zero attached hydrogens (tertiary/aromatic N) is 3. The van der Waals surface area contributed by atoms with Crippen LogP contribution in [0.5, 0.6) is 5.75 Å². The number of aromatic carboxylic acids is 1. The first kappa shape index (κ1) is 25.1. The van der Waals surface area contributed by atoms with Gasteiger partial charge in [-0.25, -0.2) is 14.8 Å². The van der Waals surface area contributed by atoms with E-state index in [0.29, 0.717) is 30.4 Å². The van der Waals surface area contributed by atoms with Crippen LogP contribution in [0, 0.1) is 11.8 Å². The lowest BCUT2D eigenvalue weighted by molar-refractivity contribution is -0.124. The lowest BCUT2D eigenvalue weighted by atomic mass is 9.82. The van der Waals surface area contributed by atoms with Crippen LogP contribution in [0.15, 0.2) is 24.8 Å². The van der Waals surface area contributed by atoms with Gasteiger partial charge in [-0.3, -0.25) is 4.79 Å². The van der Waals surface area contributed by atoms with Crippen molar-refractivity contribution in [2.24, 2.45) is 11.8 Å². The van der Waals surface area contributed by atoms with Crippen LogP contribution in [0.4, 0.5) is 5.69 Å². The van der Waals surface area contributed by atoms with Gasteiger partial charge >= 0.3 is 5.97 Å². The molecule has 1 aliphatic carbocycles. The fourth-order valence-electron chi connectivity index (χ4n) is 4.20. The number of carbonyl (C=O) groups is 2. The fraction of sp³-hybridized carbons (Fsp3) is 0.600. The molecule has 1 N–H and O–H groups in total. The highest BCUT2D eigenvalue weighted by Gasteiger charge is 2.35. The Bertz CT molecular complexity index is 946. The van der Waals surface area contributed by atoms with Gasteiger partial charge in [0.2, 0.25) is 5.91 Å². The van der Waals surface area contributed by atoms with Crippen LogP contribution in [0.2, 0.25) is 0 Å². The van der Waals surface area contributed by atoms with Gasteiger partial charge in [0.15, 0.2) is 5.75 Å². The van der Waals surface area contributed by atoms with Gasteiger partial charge in [-0.15, -0.1) is 11.3 Å². The van der Waals surface area contributed by atoms with E-state index in [9.17, 15) is 14.7 Å². The maximum Gasteiger partial charge on any atom is 0.348 e. The van der Waals surface area contributed by atoms with Crippen molar-refractivity contribution in [3.05, 3.63) is 34.5 Å². The van der Waals surface area contributed by atoms with E-state index >= 15 is 0 Å². The van der Waals surface area contributed by atoms with E-state index in [2.05, 4.69) is 37.7 Å². The monoisotopic (exact) mass is 473 g/mol. The Labute approximate surface area is 200 Å². The summed E-state index contributed by atoms with van der Waals surface area (Å²) in [6, 6.07) is 1.68. The normalized spacial score (nSPS) is 19.7. The second kappa shape index (κ2) is 10.6. The highest BCUT2D eigenvalue weighted by atomic mass is 32.1. The molecule has 1 atom stereocenters. The number of carboxylic acid groups (broad SMARTS) is 1. The SMILES string of the molecule is C[C@@H](CCOc1cncnc1)N(c1cc(C(C)(C)C)sc1C(=O)O)C(=O)[C@H]1CC[C@H](C)CC1. The molecule has 2 aromatic rings. The lowest BCUT2D eigenvalue weighted by Gasteiger charge is -2.35. The van der Waals surface area contributed by atoms with Gasteiger partial charge in [0.1, 0.15) is 11.2 Å². The molecule has 0 aromatic carbocycles. The molecule has 0 aliphatic heterocycles. The number of carboxylic acids is 1. The van der Waals surface area contributed by atoms with Gasteiger partial charge in [-0.05, 0) is 50.0 Å². The maximum absolute atomic E-state index is 13.8. The molecule has 1 saturated carbocycles. The average molecular weight is 474 g/mol. The Morgan fingerprint density at radius 3 is 2.42 bits per heavy atom. The molecule has 3 rings (SSSR count). The molecule has 33 heavy (non-hydrogen) atoms. The number of anilines is 1. The van der Waals surface area contributed by atoms with Crippen LogP contribution in [-0.2, 0) is 10.2 Å². The molecular formula is C25H35N3O4S. The van der Waals surface area contributed by atoms with Crippen LogP contribution in [-0.4, -0.2) is 39.6 Å². The molecular weight excluding hydrogens is 438 g/mol. The minimum absolute atomic E-state index is 0.0261. The van der Waals surface area contributed by atoms with E-state index in [1.807, 2.05) is 13.0 Å². The largest absolute Gasteiger partial charge is 0.490 e. The first-order valence-electron chi connectivity index (χ1n) is 11.7. The van der Waals surface area contributed by atoms with Crippen molar-refractivity contribution in [2.45, 2.75) is 78.2 Å². The molecule has 8 heteroatoms. The van der Waals surface area contributed by atoms with E-state index in [1.165, 1.54) is 17.7 Å². The van der Waals surface area contributed by atoms with Crippen molar-refractivity contribution in [1.29, 1.82) is 0 Å². The van der Waals surface area contributed by atoms with E-state index < -0.39 is 5.97 Å². The zero-order chi connectivity index (χ0) is 24.2. The van der Waals surface area contributed by atoms with E-state index in [4.69, 9.17) is 4.74 Å². The third kappa shape index (κ3) is 6.31. The Kier molecular flexibility index (Phi) is 8.10. The number of carbonyl (C=O) groups excluding carboxylic acids is 1. The number of rotatable bonds is 8.